The molecule has 0 N–H and O–H groups in total. The van der Waals surface area contributed by atoms with Gasteiger partial charge in [-0.1, -0.05) is 21.6 Å². The van der Waals surface area contributed by atoms with Crippen LogP contribution in [0, 0.1) is 16.7 Å². The number of rotatable bonds is 1. The highest BCUT2D eigenvalue weighted by atomic mass is 33.1. The fourth-order valence-corrected chi connectivity index (χ4v) is 3.51. The van der Waals surface area contributed by atoms with Crippen LogP contribution in [0.15, 0.2) is 0 Å². The van der Waals surface area contributed by atoms with Crippen LogP contribution in [0.2, 0.25) is 0 Å². The average molecular weight is 228 g/mol. The predicted molar refractivity (Wildman–Crippen MR) is 58.8 cm³/mol. The largest absolute Gasteiger partial charge is 0.340 e. The van der Waals surface area contributed by atoms with Gasteiger partial charge in [0.15, 0.2) is 0 Å². The van der Waals surface area contributed by atoms with Crippen molar-refractivity contribution in [2.24, 2.45) is 5.41 Å². The Hall–Kier alpha value is -0.340. The van der Waals surface area contributed by atoms with Crippen molar-refractivity contribution in [2.45, 2.75) is 12.8 Å². The first-order valence-electron chi connectivity index (χ1n) is 4.73. The van der Waals surface area contributed by atoms with Crippen molar-refractivity contribution in [1.82, 2.24) is 4.90 Å². The zero-order valence-electron chi connectivity index (χ0n) is 7.86. The lowest BCUT2D eigenvalue weighted by Gasteiger charge is -2.21. The summed E-state index contributed by atoms with van der Waals surface area (Å²) in [7, 11) is 3.63. The molecule has 0 aromatic rings. The summed E-state index contributed by atoms with van der Waals surface area (Å²) < 4.78 is 0. The molecule has 0 aromatic carbocycles. The maximum absolute atomic E-state index is 12.0. The Morgan fingerprint density at radius 2 is 1.86 bits per heavy atom. The maximum atomic E-state index is 12.0. The number of carbonyl (C=O) groups excluding carboxylic acids is 1. The van der Waals surface area contributed by atoms with Crippen LogP contribution in [0.5, 0.6) is 0 Å². The number of carbonyl (C=O) groups is 1. The van der Waals surface area contributed by atoms with Gasteiger partial charge in [-0.25, -0.2) is 0 Å². The van der Waals surface area contributed by atoms with Gasteiger partial charge in [-0.05, 0) is 12.8 Å². The lowest BCUT2D eigenvalue weighted by atomic mass is 10.1. The zero-order valence-corrected chi connectivity index (χ0v) is 9.49. The highest BCUT2D eigenvalue weighted by Gasteiger charge is 2.52. The van der Waals surface area contributed by atoms with E-state index in [4.69, 9.17) is 5.26 Å². The third-order valence-corrected chi connectivity index (χ3v) is 5.00. The first kappa shape index (κ1) is 10.2. The molecule has 1 saturated heterocycles. The van der Waals surface area contributed by atoms with Crippen molar-refractivity contribution < 1.29 is 4.79 Å². The maximum Gasteiger partial charge on any atom is 0.243 e. The van der Waals surface area contributed by atoms with Crippen LogP contribution in [-0.2, 0) is 4.79 Å². The van der Waals surface area contributed by atoms with Gasteiger partial charge in [0.2, 0.25) is 5.91 Å². The van der Waals surface area contributed by atoms with Gasteiger partial charge in [0.05, 0.1) is 6.07 Å². The van der Waals surface area contributed by atoms with Crippen LogP contribution >= 0.6 is 21.6 Å². The number of hydrogen-bond acceptors (Lipinski definition) is 4. The van der Waals surface area contributed by atoms with Crippen molar-refractivity contribution in [3.05, 3.63) is 0 Å². The van der Waals surface area contributed by atoms with Crippen LogP contribution in [-0.4, -0.2) is 35.4 Å². The van der Waals surface area contributed by atoms with Crippen LogP contribution in [0.4, 0.5) is 0 Å². The molecular weight excluding hydrogens is 216 g/mol. The van der Waals surface area contributed by atoms with Gasteiger partial charge >= 0.3 is 0 Å². The van der Waals surface area contributed by atoms with Crippen molar-refractivity contribution in [3.8, 4) is 6.07 Å². The van der Waals surface area contributed by atoms with E-state index in [2.05, 4.69) is 6.07 Å². The van der Waals surface area contributed by atoms with E-state index < -0.39 is 5.41 Å². The SMILES string of the molecule is N#CC1(C(=O)N2CCSSCC2)CC1. The monoisotopic (exact) mass is 228 g/mol. The molecule has 2 fully saturated rings. The van der Waals surface area contributed by atoms with Gasteiger partial charge in [-0.15, -0.1) is 0 Å². The number of amides is 1. The summed E-state index contributed by atoms with van der Waals surface area (Å²) in [4.78, 5) is 13.8. The third-order valence-electron chi connectivity index (χ3n) is 2.63. The van der Waals surface area contributed by atoms with E-state index in [9.17, 15) is 4.79 Å². The molecule has 14 heavy (non-hydrogen) atoms. The minimum absolute atomic E-state index is 0.0723. The predicted octanol–water partition coefficient (Wildman–Crippen LogP) is 1.51. The van der Waals surface area contributed by atoms with Gasteiger partial charge in [-0.2, -0.15) is 5.26 Å². The van der Waals surface area contributed by atoms with Gasteiger partial charge in [0.1, 0.15) is 5.41 Å². The molecule has 2 rings (SSSR count). The summed E-state index contributed by atoms with van der Waals surface area (Å²) in [6.45, 7) is 1.61. The summed E-state index contributed by atoms with van der Waals surface area (Å²) in [6.07, 6.45) is 1.53. The Labute approximate surface area is 91.6 Å². The number of nitrogens with zero attached hydrogens (tertiary/aromatic N) is 2. The molecular formula is C9H12N2OS2. The van der Waals surface area contributed by atoms with E-state index in [0.717, 1.165) is 37.4 Å². The Morgan fingerprint density at radius 1 is 1.29 bits per heavy atom. The molecule has 0 unspecified atom stereocenters. The van der Waals surface area contributed by atoms with Gasteiger partial charge in [-0.3, -0.25) is 4.79 Å². The van der Waals surface area contributed by atoms with Gasteiger partial charge in [0.25, 0.3) is 0 Å². The van der Waals surface area contributed by atoms with E-state index in [1.54, 1.807) is 0 Å². The molecule has 1 amide bonds. The first-order chi connectivity index (χ1) is 6.78. The van der Waals surface area contributed by atoms with E-state index in [-0.39, 0.29) is 5.91 Å². The lowest BCUT2D eigenvalue weighted by Crippen LogP contribution is -2.38. The summed E-state index contributed by atoms with van der Waals surface area (Å²) in [6, 6.07) is 2.17. The van der Waals surface area contributed by atoms with Crippen molar-refractivity contribution >= 4 is 27.5 Å². The Balaban J connectivity index is 2.00. The second kappa shape index (κ2) is 4.03. The minimum atomic E-state index is -0.625. The van der Waals surface area contributed by atoms with Crippen LogP contribution in [0.1, 0.15) is 12.8 Å². The smallest absolute Gasteiger partial charge is 0.243 e. The standard InChI is InChI=1S/C9H12N2OS2/c10-7-9(1-2-9)8(12)11-3-5-13-14-6-4-11/h1-6H2. The molecule has 1 heterocycles. The molecule has 76 valence electrons. The van der Waals surface area contributed by atoms with Crippen molar-refractivity contribution in [1.29, 1.82) is 5.26 Å². The topological polar surface area (TPSA) is 44.1 Å². The summed E-state index contributed by atoms with van der Waals surface area (Å²) in [5, 5.41) is 8.92. The Bertz CT molecular complexity index is 275. The van der Waals surface area contributed by atoms with Gasteiger partial charge < -0.3 is 4.90 Å². The second-order valence-electron chi connectivity index (χ2n) is 3.63. The van der Waals surface area contributed by atoms with Crippen LogP contribution < -0.4 is 0 Å². The highest BCUT2D eigenvalue weighted by molar-refractivity contribution is 8.76. The Kier molecular flexibility index (Phi) is 2.93. The van der Waals surface area contributed by atoms with Crippen LogP contribution in [0.3, 0.4) is 0 Å². The second-order valence-corrected chi connectivity index (χ2v) is 6.33. The third kappa shape index (κ3) is 1.86. The molecule has 1 saturated carbocycles. The molecule has 0 aromatic heterocycles. The van der Waals surface area contributed by atoms with E-state index in [0.29, 0.717) is 0 Å². The first-order valence-corrected chi connectivity index (χ1v) is 7.22. The quantitative estimate of drug-likeness (QED) is 0.638. The fraction of sp³-hybridized carbons (Fsp3) is 0.778. The molecule has 0 spiro atoms. The molecule has 3 nitrogen and oxygen atoms in total. The van der Waals surface area contributed by atoms with E-state index >= 15 is 0 Å². The molecule has 1 aliphatic carbocycles. The summed E-state index contributed by atoms with van der Waals surface area (Å²) in [5.41, 5.74) is -0.625. The Morgan fingerprint density at radius 3 is 2.29 bits per heavy atom. The normalized spacial score (nSPS) is 24.9. The van der Waals surface area contributed by atoms with Crippen LogP contribution in [0.25, 0.3) is 0 Å². The lowest BCUT2D eigenvalue weighted by molar-refractivity contribution is -0.134. The molecule has 0 atom stereocenters. The van der Waals surface area contributed by atoms with Gasteiger partial charge in [0, 0.05) is 24.6 Å². The summed E-state index contributed by atoms with van der Waals surface area (Å²) >= 11 is 0. The molecule has 1 aliphatic heterocycles. The average Bonchev–Trinajstić information content (AvgIpc) is 3.03. The number of hydrogen-bond donors (Lipinski definition) is 0. The molecule has 2 aliphatic rings. The molecule has 5 heteroatoms. The number of nitriles is 1. The van der Waals surface area contributed by atoms with Crippen molar-refractivity contribution in [3.63, 3.8) is 0 Å². The molecule has 0 radical (unpaired) electrons. The molecule has 0 bridgehead atoms. The fourth-order valence-electron chi connectivity index (χ4n) is 1.53. The van der Waals surface area contributed by atoms with Crippen molar-refractivity contribution in [2.75, 3.05) is 24.6 Å². The van der Waals surface area contributed by atoms with E-state index in [1.165, 1.54) is 0 Å². The summed E-state index contributed by atoms with van der Waals surface area (Å²) in [5.74, 6) is 2.04. The highest BCUT2D eigenvalue weighted by Crippen LogP contribution is 2.46. The zero-order chi connectivity index (χ0) is 10.0. The minimum Gasteiger partial charge on any atom is -0.340 e. The van der Waals surface area contributed by atoms with E-state index in [1.807, 2.05) is 26.5 Å².